The van der Waals surface area contributed by atoms with Crippen molar-refractivity contribution >= 4 is 17.3 Å². The lowest BCUT2D eigenvalue weighted by molar-refractivity contribution is -0.00569. The van der Waals surface area contributed by atoms with E-state index in [1.165, 1.54) is 12.1 Å². The van der Waals surface area contributed by atoms with Crippen molar-refractivity contribution in [1.82, 2.24) is 0 Å². The van der Waals surface area contributed by atoms with Crippen LogP contribution in [0.25, 0.3) is 0 Å². The molecule has 0 aliphatic heterocycles. The topological polar surface area (TPSA) is 32.3 Å². The van der Waals surface area contributed by atoms with Gasteiger partial charge in [0.25, 0.3) is 0 Å². The van der Waals surface area contributed by atoms with Gasteiger partial charge in [-0.15, -0.1) is 11.6 Å². The first kappa shape index (κ1) is 17.3. The van der Waals surface area contributed by atoms with Crippen LogP contribution in [-0.2, 0) is 0 Å². The fourth-order valence-electron chi connectivity index (χ4n) is 2.61. The molecule has 1 aliphatic carbocycles. The van der Waals surface area contributed by atoms with E-state index in [0.29, 0.717) is 5.69 Å². The van der Waals surface area contributed by atoms with Crippen molar-refractivity contribution in [3.8, 4) is 0 Å². The molecule has 1 aromatic rings. The zero-order chi connectivity index (χ0) is 16.3. The van der Waals surface area contributed by atoms with E-state index >= 15 is 0 Å². The third kappa shape index (κ3) is 3.84. The summed E-state index contributed by atoms with van der Waals surface area (Å²) in [7, 11) is 0. The highest BCUT2D eigenvalue weighted by Crippen LogP contribution is 2.40. The number of aliphatic hydroxyl groups is 1. The van der Waals surface area contributed by atoms with Crippen LogP contribution in [0.4, 0.5) is 23.2 Å². The van der Waals surface area contributed by atoms with E-state index in [-0.39, 0.29) is 18.0 Å². The number of rotatable bonds is 5. The minimum Gasteiger partial charge on any atom is -0.390 e. The number of hydrogen-bond donors (Lipinski definition) is 2. The summed E-state index contributed by atoms with van der Waals surface area (Å²) >= 11 is 5.47. The van der Waals surface area contributed by atoms with Crippen LogP contribution in [-0.4, -0.2) is 48.3 Å². The van der Waals surface area contributed by atoms with Crippen LogP contribution in [0.2, 0.25) is 0 Å². The maximum absolute atomic E-state index is 14.0. The average molecular weight is 340 g/mol. The fourth-order valence-corrected chi connectivity index (χ4v) is 2.72. The summed E-state index contributed by atoms with van der Waals surface area (Å²) in [6.45, 7) is 0.160. The summed E-state index contributed by atoms with van der Waals surface area (Å²) < 4.78 is 55.0. The number of benzene rings is 1. The Morgan fingerprint density at radius 2 is 1.82 bits per heavy atom. The minimum atomic E-state index is -2.08. The van der Waals surface area contributed by atoms with Crippen molar-refractivity contribution in [2.24, 2.45) is 0 Å². The van der Waals surface area contributed by atoms with Crippen LogP contribution in [0, 0.1) is 0 Å². The molecule has 0 spiro atoms. The van der Waals surface area contributed by atoms with Crippen LogP contribution in [0.3, 0.4) is 0 Å². The number of hydrogen-bond acceptors (Lipinski definition) is 2. The molecule has 2 N–H and O–H groups in total. The predicted octanol–water partition coefficient (Wildman–Crippen LogP) is 3.54. The van der Waals surface area contributed by atoms with Crippen LogP contribution in [0.5, 0.6) is 0 Å². The van der Waals surface area contributed by atoms with Gasteiger partial charge in [-0.3, -0.25) is 0 Å². The van der Waals surface area contributed by atoms with E-state index in [9.17, 15) is 22.7 Å². The molecule has 0 amide bonds. The van der Waals surface area contributed by atoms with Gasteiger partial charge in [0.05, 0.1) is 17.9 Å². The smallest absolute Gasteiger partial charge is 0.141 e. The zero-order valence-electron chi connectivity index (χ0n) is 11.7. The second-order valence-corrected chi connectivity index (χ2v) is 5.81. The van der Waals surface area contributed by atoms with Gasteiger partial charge in [-0.2, -0.15) is 0 Å². The van der Waals surface area contributed by atoms with Gasteiger partial charge in [-0.25, -0.2) is 17.6 Å². The maximum atomic E-state index is 14.0. The largest absolute Gasteiger partial charge is 0.390 e. The Labute approximate surface area is 131 Å². The average Bonchev–Trinajstić information content (AvgIpc) is 2.51. The summed E-state index contributed by atoms with van der Waals surface area (Å²) in [6.07, 6.45) is -9.70. The van der Waals surface area contributed by atoms with Crippen molar-refractivity contribution in [2.45, 2.75) is 43.1 Å². The van der Waals surface area contributed by atoms with E-state index < -0.39 is 43.1 Å². The second kappa shape index (κ2) is 7.51. The third-order valence-electron chi connectivity index (χ3n) is 3.82. The molecular weight excluding hydrogens is 322 g/mol. The molecule has 0 aromatic heterocycles. The van der Waals surface area contributed by atoms with Gasteiger partial charge in [0.1, 0.15) is 24.7 Å². The van der Waals surface area contributed by atoms with Gasteiger partial charge >= 0.3 is 0 Å². The van der Waals surface area contributed by atoms with Crippen molar-refractivity contribution in [2.75, 3.05) is 17.7 Å². The first-order valence-electron chi connectivity index (χ1n) is 7.08. The summed E-state index contributed by atoms with van der Waals surface area (Å²) in [5.74, 6) is -1.43. The van der Waals surface area contributed by atoms with Gasteiger partial charge in [-0.05, 0) is 17.7 Å². The number of anilines is 1. The molecular formula is C15H18ClF4NO. The molecule has 0 heterocycles. The molecule has 0 radical (unpaired) electrons. The van der Waals surface area contributed by atoms with Crippen molar-refractivity contribution in [1.29, 1.82) is 0 Å². The van der Waals surface area contributed by atoms with E-state index in [1.54, 1.807) is 12.1 Å². The molecule has 22 heavy (non-hydrogen) atoms. The lowest BCUT2D eigenvalue weighted by Crippen LogP contribution is -2.43. The predicted molar refractivity (Wildman–Crippen MR) is 78.6 cm³/mol. The highest BCUT2D eigenvalue weighted by molar-refractivity contribution is 6.18. The number of nitrogens with one attached hydrogen (secondary N) is 1. The highest BCUT2D eigenvalue weighted by Gasteiger charge is 2.47. The Hall–Kier alpha value is -1.01. The number of alkyl halides is 5. The lowest BCUT2D eigenvalue weighted by Gasteiger charge is -2.34. The van der Waals surface area contributed by atoms with Gasteiger partial charge < -0.3 is 10.4 Å². The molecule has 7 heteroatoms. The Morgan fingerprint density at radius 1 is 1.18 bits per heavy atom. The maximum Gasteiger partial charge on any atom is 0.141 e. The van der Waals surface area contributed by atoms with Gasteiger partial charge in [0.2, 0.25) is 0 Å². The highest BCUT2D eigenvalue weighted by atomic mass is 35.5. The van der Waals surface area contributed by atoms with Crippen LogP contribution in [0.1, 0.15) is 17.9 Å². The molecule has 2 nitrogen and oxygen atoms in total. The van der Waals surface area contributed by atoms with Gasteiger partial charge in [0, 0.05) is 18.7 Å². The Kier molecular flexibility index (Phi) is 5.92. The molecule has 124 valence electrons. The summed E-state index contributed by atoms with van der Waals surface area (Å²) in [6, 6.07) is 6.06. The fraction of sp³-hybridized carbons (Fsp3) is 0.600. The lowest BCUT2D eigenvalue weighted by atomic mass is 9.79. The molecule has 1 saturated carbocycles. The molecule has 5 atom stereocenters. The van der Waals surface area contributed by atoms with Gasteiger partial charge in [0.15, 0.2) is 0 Å². The molecule has 0 saturated heterocycles. The van der Waals surface area contributed by atoms with Crippen molar-refractivity contribution < 1.29 is 22.7 Å². The molecule has 5 unspecified atom stereocenters. The van der Waals surface area contributed by atoms with E-state index in [0.717, 1.165) is 0 Å². The normalized spacial score (nSPS) is 33.5. The van der Waals surface area contributed by atoms with E-state index in [4.69, 9.17) is 11.6 Å². The zero-order valence-corrected chi connectivity index (χ0v) is 12.5. The minimum absolute atomic E-state index is 0.0431. The van der Waals surface area contributed by atoms with E-state index in [1.807, 2.05) is 0 Å². The summed E-state index contributed by atoms with van der Waals surface area (Å²) in [5, 5.41) is 12.2. The summed E-state index contributed by atoms with van der Waals surface area (Å²) in [4.78, 5) is 0. The Balaban J connectivity index is 2.16. The van der Waals surface area contributed by atoms with Crippen molar-refractivity contribution in [3.05, 3.63) is 29.8 Å². The Morgan fingerprint density at radius 3 is 2.41 bits per heavy atom. The van der Waals surface area contributed by atoms with E-state index in [2.05, 4.69) is 5.32 Å². The first-order valence-corrected chi connectivity index (χ1v) is 7.61. The SMILES string of the molecule is OC(CCl)CNc1cccc(C2C(F)C(F)CC(F)C2F)c1. The molecule has 2 rings (SSSR count). The molecule has 0 bridgehead atoms. The molecule has 1 fully saturated rings. The number of halogens is 5. The molecule has 1 aliphatic rings. The third-order valence-corrected chi connectivity index (χ3v) is 4.18. The Bertz CT molecular complexity index is 478. The van der Waals surface area contributed by atoms with Crippen LogP contribution in [0.15, 0.2) is 24.3 Å². The number of aliphatic hydroxyl groups excluding tert-OH is 1. The van der Waals surface area contributed by atoms with Crippen molar-refractivity contribution in [3.63, 3.8) is 0 Å². The summed E-state index contributed by atoms with van der Waals surface area (Å²) in [5.41, 5.74) is 0.688. The quantitative estimate of drug-likeness (QED) is 0.635. The molecule has 1 aromatic carbocycles. The standard InChI is InChI=1S/C15H18ClF4NO/c16-6-10(22)7-21-9-3-1-2-8(4-9)13-14(19)11(17)5-12(18)15(13)20/h1-4,10-15,21-22H,5-7H2. The van der Waals surface area contributed by atoms with Crippen LogP contribution < -0.4 is 5.32 Å². The first-order chi connectivity index (χ1) is 10.4. The van der Waals surface area contributed by atoms with Gasteiger partial charge in [-0.1, -0.05) is 12.1 Å². The van der Waals surface area contributed by atoms with Crippen LogP contribution >= 0.6 is 11.6 Å². The monoisotopic (exact) mass is 339 g/mol. The second-order valence-electron chi connectivity index (χ2n) is 5.50.